The Bertz CT molecular complexity index is 1530. The lowest BCUT2D eigenvalue weighted by molar-refractivity contribution is -0.274. The maximum atomic E-state index is 13.1. The number of amides is 1. The molecule has 0 atom stereocenters. The Kier molecular flexibility index (Phi) is 6.43. The second-order valence-corrected chi connectivity index (χ2v) is 10.9. The third kappa shape index (κ3) is 5.10. The average molecular weight is 550 g/mol. The van der Waals surface area contributed by atoms with Crippen molar-refractivity contribution in [2.45, 2.75) is 51.9 Å². The smallest absolute Gasteiger partial charge is 0.406 e. The summed E-state index contributed by atoms with van der Waals surface area (Å²) in [6.45, 7) is 6.21. The van der Waals surface area contributed by atoms with E-state index >= 15 is 0 Å². The summed E-state index contributed by atoms with van der Waals surface area (Å²) in [5.74, 6) is 0.00530. The van der Waals surface area contributed by atoms with Crippen LogP contribution in [0.2, 0.25) is 0 Å². The number of hydrogen-bond donors (Lipinski definition) is 1. The number of hydrogen-bond acceptors (Lipinski definition) is 5. The molecule has 1 aliphatic heterocycles. The lowest BCUT2D eigenvalue weighted by Crippen LogP contribution is -2.61. The van der Waals surface area contributed by atoms with Gasteiger partial charge in [-0.25, -0.2) is 9.50 Å². The molecule has 0 radical (unpaired) electrons. The Labute approximate surface area is 230 Å². The van der Waals surface area contributed by atoms with Crippen LogP contribution in [0.1, 0.15) is 58.6 Å². The first-order valence-corrected chi connectivity index (χ1v) is 13.4. The normalized spacial score (nSPS) is 16.6. The van der Waals surface area contributed by atoms with Crippen molar-refractivity contribution in [2.24, 2.45) is 5.41 Å². The van der Waals surface area contributed by atoms with Gasteiger partial charge in [0.1, 0.15) is 11.3 Å². The first kappa shape index (κ1) is 26.2. The van der Waals surface area contributed by atoms with Crippen molar-refractivity contribution in [2.75, 3.05) is 18.0 Å². The van der Waals surface area contributed by atoms with Gasteiger partial charge in [-0.15, -0.1) is 13.2 Å². The van der Waals surface area contributed by atoms with Crippen molar-refractivity contribution in [3.8, 4) is 5.75 Å². The highest BCUT2D eigenvalue weighted by atomic mass is 19.4. The zero-order chi connectivity index (χ0) is 28.1. The predicted octanol–water partition coefficient (Wildman–Crippen LogP) is 5.81. The number of carbonyl (C=O) groups is 1. The molecule has 0 unspecified atom stereocenters. The van der Waals surface area contributed by atoms with Gasteiger partial charge in [0, 0.05) is 42.6 Å². The van der Waals surface area contributed by atoms with E-state index in [2.05, 4.69) is 37.2 Å². The Morgan fingerprint density at radius 2 is 1.77 bits per heavy atom. The van der Waals surface area contributed by atoms with Gasteiger partial charge in [-0.05, 0) is 73.6 Å². The number of rotatable bonds is 7. The molecular formula is C30H30F3N5O2. The number of alkyl halides is 3. The van der Waals surface area contributed by atoms with Gasteiger partial charge in [-0.1, -0.05) is 31.2 Å². The third-order valence-corrected chi connectivity index (χ3v) is 8.01. The first-order valence-electron chi connectivity index (χ1n) is 13.4. The van der Waals surface area contributed by atoms with E-state index < -0.39 is 6.36 Å². The van der Waals surface area contributed by atoms with Crippen LogP contribution >= 0.6 is 0 Å². The molecule has 40 heavy (non-hydrogen) atoms. The van der Waals surface area contributed by atoms with Gasteiger partial charge >= 0.3 is 6.36 Å². The van der Waals surface area contributed by atoms with E-state index in [1.165, 1.54) is 12.1 Å². The zero-order valence-corrected chi connectivity index (χ0v) is 22.3. The Hall–Kier alpha value is -4.08. The van der Waals surface area contributed by atoms with E-state index in [9.17, 15) is 18.0 Å². The number of aryl methyl sites for hydroxylation is 2. The highest BCUT2D eigenvalue weighted by Gasteiger charge is 2.52. The lowest BCUT2D eigenvalue weighted by Gasteiger charge is -2.60. The van der Waals surface area contributed by atoms with E-state index in [1.807, 2.05) is 38.2 Å². The summed E-state index contributed by atoms with van der Waals surface area (Å²) in [7, 11) is 0. The molecule has 1 spiro atoms. The monoisotopic (exact) mass is 549 g/mol. The minimum absolute atomic E-state index is 0.180. The summed E-state index contributed by atoms with van der Waals surface area (Å²) < 4.78 is 42.8. The van der Waals surface area contributed by atoms with Crippen LogP contribution in [-0.2, 0) is 13.0 Å². The highest BCUT2D eigenvalue weighted by Crippen LogP contribution is 2.56. The summed E-state index contributed by atoms with van der Waals surface area (Å²) in [4.78, 5) is 19.9. The van der Waals surface area contributed by atoms with Crippen molar-refractivity contribution in [3.63, 3.8) is 0 Å². The summed E-state index contributed by atoms with van der Waals surface area (Å²) in [5.41, 5.74) is 6.14. The molecule has 10 heteroatoms. The maximum absolute atomic E-state index is 13.1. The second-order valence-electron chi connectivity index (χ2n) is 10.9. The van der Waals surface area contributed by atoms with Crippen LogP contribution < -0.4 is 15.0 Å². The van der Waals surface area contributed by atoms with Crippen molar-refractivity contribution in [3.05, 3.63) is 88.9 Å². The number of carbonyl (C=O) groups excluding carboxylic acids is 1. The number of fused-ring (bicyclic) bond motifs is 1. The quantitative estimate of drug-likeness (QED) is 0.315. The molecular weight excluding hydrogens is 519 g/mol. The number of ether oxygens (including phenoxy) is 1. The van der Waals surface area contributed by atoms with Crippen molar-refractivity contribution in [1.29, 1.82) is 0 Å². The van der Waals surface area contributed by atoms with Crippen LogP contribution in [0.4, 0.5) is 18.9 Å². The fraction of sp³-hybridized carbons (Fsp3) is 0.367. The van der Waals surface area contributed by atoms with Gasteiger partial charge < -0.3 is 15.0 Å². The molecule has 3 heterocycles. The lowest BCUT2D eigenvalue weighted by atomic mass is 9.56. The molecule has 1 saturated heterocycles. The number of anilines is 1. The molecule has 1 aliphatic carbocycles. The van der Waals surface area contributed by atoms with Gasteiger partial charge in [0.2, 0.25) is 0 Å². The Morgan fingerprint density at radius 1 is 1.07 bits per heavy atom. The molecule has 7 nitrogen and oxygen atoms in total. The topological polar surface area (TPSA) is 71.8 Å². The van der Waals surface area contributed by atoms with Crippen LogP contribution in [0, 0.1) is 12.3 Å². The number of halogens is 3. The SMILES string of the molecule is CCc1nn2ccc(C)nc2c1C(=O)NCc1ccc(N2CC3(CC(c4ccc(OC(F)(F)F)cc4)C3)C2)cc1. The zero-order valence-electron chi connectivity index (χ0n) is 22.3. The minimum Gasteiger partial charge on any atom is -0.406 e. The van der Waals surface area contributed by atoms with Gasteiger partial charge in [0.15, 0.2) is 5.65 Å². The van der Waals surface area contributed by atoms with Crippen LogP contribution in [0.5, 0.6) is 5.75 Å². The fourth-order valence-corrected chi connectivity index (χ4v) is 6.01. The molecule has 2 aliphatic rings. The largest absolute Gasteiger partial charge is 0.573 e. The van der Waals surface area contributed by atoms with Crippen molar-refractivity contribution >= 4 is 17.2 Å². The van der Waals surface area contributed by atoms with Gasteiger partial charge in [0.05, 0.1) is 5.69 Å². The molecule has 1 N–H and O–H groups in total. The average Bonchev–Trinajstić information content (AvgIpc) is 3.24. The van der Waals surface area contributed by atoms with Gasteiger partial charge in [-0.2, -0.15) is 5.10 Å². The molecule has 2 fully saturated rings. The number of nitrogens with zero attached hydrogens (tertiary/aromatic N) is 4. The molecule has 208 valence electrons. The Morgan fingerprint density at radius 3 is 2.42 bits per heavy atom. The van der Waals surface area contributed by atoms with Crippen LogP contribution in [0.15, 0.2) is 60.8 Å². The third-order valence-electron chi connectivity index (χ3n) is 8.01. The van der Waals surface area contributed by atoms with Gasteiger partial charge in [-0.3, -0.25) is 4.79 Å². The summed E-state index contributed by atoms with van der Waals surface area (Å²) in [6, 6.07) is 16.4. The number of aromatic nitrogens is 3. The predicted molar refractivity (Wildman–Crippen MR) is 144 cm³/mol. The molecule has 6 rings (SSSR count). The van der Waals surface area contributed by atoms with Crippen LogP contribution in [0.25, 0.3) is 5.65 Å². The summed E-state index contributed by atoms with van der Waals surface area (Å²) >= 11 is 0. The first-order chi connectivity index (χ1) is 19.1. The summed E-state index contributed by atoms with van der Waals surface area (Å²) in [5, 5.41) is 7.52. The van der Waals surface area contributed by atoms with Crippen molar-refractivity contribution < 1.29 is 22.7 Å². The highest BCUT2D eigenvalue weighted by molar-refractivity contribution is 6.01. The van der Waals surface area contributed by atoms with E-state index in [0.717, 1.165) is 54.1 Å². The standard InChI is InChI=1S/C30H30F3N5O2/c1-3-25-26(27-35-19(2)12-13-38(27)36-25)28(39)34-16-20-4-8-23(9-5-20)37-17-29(18-37)14-22(15-29)21-6-10-24(11-7-21)40-30(31,32)33/h4-13,22H,3,14-18H2,1-2H3,(H,34,39). The second kappa shape index (κ2) is 9.83. The fourth-order valence-electron chi connectivity index (χ4n) is 6.01. The number of benzene rings is 2. The van der Waals surface area contributed by atoms with Gasteiger partial charge in [0.25, 0.3) is 5.91 Å². The van der Waals surface area contributed by atoms with E-state index in [1.54, 1.807) is 16.6 Å². The van der Waals surface area contributed by atoms with Crippen LogP contribution in [0.3, 0.4) is 0 Å². The summed E-state index contributed by atoms with van der Waals surface area (Å²) in [6.07, 6.45) is -0.143. The molecule has 2 aromatic heterocycles. The molecule has 4 aromatic rings. The molecule has 0 bridgehead atoms. The van der Waals surface area contributed by atoms with Crippen LogP contribution in [-0.4, -0.2) is 40.0 Å². The van der Waals surface area contributed by atoms with E-state index in [0.29, 0.717) is 30.1 Å². The molecule has 1 amide bonds. The minimum atomic E-state index is -4.67. The van der Waals surface area contributed by atoms with Crippen molar-refractivity contribution in [1.82, 2.24) is 19.9 Å². The molecule has 1 saturated carbocycles. The van der Waals surface area contributed by atoms with E-state index in [4.69, 9.17) is 0 Å². The maximum Gasteiger partial charge on any atom is 0.573 e. The van der Waals surface area contributed by atoms with E-state index in [-0.39, 0.29) is 17.1 Å². The molecule has 2 aromatic carbocycles. The Balaban J connectivity index is 1.01. The number of nitrogens with one attached hydrogen (secondary N) is 1.